The topological polar surface area (TPSA) is 60.2 Å². The number of hydrogen-bond donors (Lipinski definition) is 0. The van der Waals surface area contributed by atoms with Gasteiger partial charge in [0.2, 0.25) is 5.91 Å². The van der Waals surface area contributed by atoms with Gasteiger partial charge >= 0.3 is 0 Å². The van der Waals surface area contributed by atoms with Crippen LogP contribution < -0.4 is 0 Å². The number of carbonyl (C=O) groups excluding carboxylic acids is 1. The minimum absolute atomic E-state index is 0.0385. The molecule has 23 heavy (non-hydrogen) atoms. The van der Waals surface area contributed by atoms with Crippen LogP contribution >= 0.6 is 0 Å². The van der Waals surface area contributed by atoms with Crippen LogP contribution in [0, 0.1) is 11.8 Å². The number of aromatic nitrogens is 3. The Bertz CT molecular complexity index is 563. The molecule has 2 fully saturated rings. The van der Waals surface area contributed by atoms with Gasteiger partial charge in [-0.2, -0.15) is 0 Å². The van der Waals surface area contributed by atoms with Crippen molar-refractivity contribution >= 4 is 5.91 Å². The fourth-order valence-corrected chi connectivity index (χ4v) is 3.39. The van der Waals surface area contributed by atoms with Crippen molar-refractivity contribution in [3.8, 4) is 0 Å². The van der Waals surface area contributed by atoms with Gasteiger partial charge in [-0.05, 0) is 18.8 Å². The van der Waals surface area contributed by atoms with Crippen LogP contribution in [0.3, 0.4) is 0 Å². The van der Waals surface area contributed by atoms with Gasteiger partial charge in [0.25, 0.3) is 0 Å². The van der Waals surface area contributed by atoms with E-state index in [1.165, 1.54) is 0 Å². The Morgan fingerprint density at radius 1 is 1.43 bits per heavy atom. The Hall–Kier alpha value is -1.43. The summed E-state index contributed by atoms with van der Waals surface area (Å²) in [7, 11) is 0. The summed E-state index contributed by atoms with van der Waals surface area (Å²) in [5.74, 6) is 0.679. The summed E-state index contributed by atoms with van der Waals surface area (Å²) in [5.41, 5.74) is 1.07. The zero-order valence-electron chi connectivity index (χ0n) is 14.7. The molecule has 0 spiro atoms. The maximum absolute atomic E-state index is 12.6. The zero-order chi connectivity index (χ0) is 16.6. The third kappa shape index (κ3) is 3.13. The van der Waals surface area contributed by atoms with Crippen molar-refractivity contribution in [1.29, 1.82) is 0 Å². The minimum Gasteiger partial charge on any atom is -0.381 e. The highest BCUT2D eigenvalue weighted by Crippen LogP contribution is 2.31. The average Bonchev–Trinajstić information content (AvgIpc) is 3.26. The first-order valence-electron chi connectivity index (χ1n) is 8.71. The Kier molecular flexibility index (Phi) is 4.45. The molecule has 1 aromatic rings. The normalized spacial score (nSPS) is 28.5. The lowest BCUT2D eigenvalue weighted by Gasteiger charge is -2.20. The molecule has 0 N–H and O–H groups in total. The molecule has 128 valence electrons. The Morgan fingerprint density at radius 2 is 2.22 bits per heavy atom. The number of ether oxygens (including phenoxy) is 1. The molecule has 2 aliphatic rings. The predicted octanol–water partition coefficient (Wildman–Crippen LogP) is 2.02. The lowest BCUT2D eigenvalue weighted by molar-refractivity contribution is -0.134. The highest BCUT2D eigenvalue weighted by atomic mass is 16.5. The lowest BCUT2D eigenvalue weighted by Crippen LogP contribution is -2.35. The second kappa shape index (κ2) is 6.23. The van der Waals surface area contributed by atoms with Crippen molar-refractivity contribution in [1.82, 2.24) is 19.9 Å². The third-order valence-corrected chi connectivity index (χ3v) is 5.59. The lowest BCUT2D eigenvalue weighted by atomic mass is 9.87. The molecule has 1 amide bonds. The number of carbonyl (C=O) groups is 1. The van der Waals surface area contributed by atoms with Crippen molar-refractivity contribution in [2.75, 3.05) is 26.3 Å². The largest absolute Gasteiger partial charge is 0.381 e. The number of hydrogen-bond acceptors (Lipinski definition) is 4. The quantitative estimate of drug-likeness (QED) is 0.851. The van der Waals surface area contributed by atoms with E-state index in [9.17, 15) is 4.79 Å². The smallest absolute Gasteiger partial charge is 0.228 e. The van der Waals surface area contributed by atoms with Crippen LogP contribution in [0.25, 0.3) is 0 Å². The van der Waals surface area contributed by atoms with Gasteiger partial charge < -0.3 is 9.64 Å². The molecule has 3 rings (SSSR count). The van der Waals surface area contributed by atoms with Crippen LogP contribution in [0.1, 0.15) is 52.3 Å². The maximum Gasteiger partial charge on any atom is 0.228 e. The monoisotopic (exact) mass is 320 g/mol. The fraction of sp³-hybridized carbons (Fsp3) is 0.824. The standard InChI is InChI=1S/C17H28N4O2/c1-5-17(3,4)15-10-21(19-18-15)14-9-20(8-12(14)2)16(22)13-6-7-23-11-13/h10,12-14H,5-9,11H2,1-4H3/t12-,13?,14+/m0/s1. The van der Waals surface area contributed by atoms with Crippen LogP contribution in [0.15, 0.2) is 6.20 Å². The summed E-state index contributed by atoms with van der Waals surface area (Å²) in [6.07, 6.45) is 3.95. The van der Waals surface area contributed by atoms with Crippen LogP contribution in [-0.2, 0) is 14.9 Å². The molecule has 0 aromatic carbocycles. The van der Waals surface area contributed by atoms with E-state index in [0.717, 1.165) is 31.6 Å². The highest BCUT2D eigenvalue weighted by Gasteiger charge is 2.38. The van der Waals surface area contributed by atoms with E-state index in [4.69, 9.17) is 4.74 Å². The van der Waals surface area contributed by atoms with Gasteiger partial charge in [0.15, 0.2) is 0 Å². The van der Waals surface area contributed by atoms with E-state index in [1.807, 2.05) is 9.58 Å². The molecule has 0 bridgehead atoms. The van der Waals surface area contributed by atoms with Gasteiger partial charge in [0, 0.05) is 31.3 Å². The summed E-state index contributed by atoms with van der Waals surface area (Å²) in [4.78, 5) is 14.6. The van der Waals surface area contributed by atoms with E-state index in [1.54, 1.807) is 0 Å². The van der Waals surface area contributed by atoms with Crippen molar-refractivity contribution in [2.45, 2.75) is 52.0 Å². The molecule has 0 saturated carbocycles. The van der Waals surface area contributed by atoms with Crippen molar-refractivity contribution in [3.05, 3.63) is 11.9 Å². The average molecular weight is 320 g/mol. The molecular weight excluding hydrogens is 292 g/mol. The molecule has 1 aromatic heterocycles. The first-order valence-corrected chi connectivity index (χ1v) is 8.71. The van der Waals surface area contributed by atoms with Gasteiger partial charge in [0.1, 0.15) is 0 Å². The first-order chi connectivity index (χ1) is 10.9. The van der Waals surface area contributed by atoms with Crippen molar-refractivity contribution in [3.63, 3.8) is 0 Å². The van der Waals surface area contributed by atoms with Crippen LogP contribution in [0.5, 0.6) is 0 Å². The molecule has 3 atom stereocenters. The summed E-state index contributed by atoms with van der Waals surface area (Å²) in [6, 6.07) is 0.218. The number of likely N-dealkylation sites (tertiary alicyclic amines) is 1. The van der Waals surface area contributed by atoms with Crippen molar-refractivity contribution in [2.24, 2.45) is 11.8 Å². The van der Waals surface area contributed by atoms with Crippen LogP contribution in [0.4, 0.5) is 0 Å². The van der Waals surface area contributed by atoms with Gasteiger partial charge in [-0.3, -0.25) is 4.79 Å². The summed E-state index contributed by atoms with van der Waals surface area (Å²) in [6.45, 7) is 11.5. The summed E-state index contributed by atoms with van der Waals surface area (Å²) < 4.78 is 7.32. The molecule has 6 heteroatoms. The Balaban J connectivity index is 1.70. The summed E-state index contributed by atoms with van der Waals surface area (Å²) >= 11 is 0. The van der Waals surface area contributed by atoms with E-state index in [0.29, 0.717) is 19.1 Å². The minimum atomic E-state index is 0.0385. The molecule has 6 nitrogen and oxygen atoms in total. The molecule has 1 unspecified atom stereocenters. The molecular formula is C17H28N4O2. The molecule has 3 heterocycles. The van der Waals surface area contributed by atoms with Crippen LogP contribution in [0.2, 0.25) is 0 Å². The van der Waals surface area contributed by atoms with Gasteiger partial charge in [-0.1, -0.05) is 32.9 Å². The second-order valence-corrected chi connectivity index (χ2v) is 7.67. The van der Waals surface area contributed by atoms with Gasteiger partial charge in [-0.15, -0.1) is 5.10 Å². The predicted molar refractivity (Wildman–Crippen MR) is 87.0 cm³/mol. The fourth-order valence-electron chi connectivity index (χ4n) is 3.39. The SMILES string of the molecule is CCC(C)(C)c1cn([C@@H]2CN(C(=O)C3CCOC3)C[C@@H]2C)nn1. The van der Waals surface area contributed by atoms with Gasteiger partial charge in [0.05, 0.1) is 24.3 Å². The molecule has 0 radical (unpaired) electrons. The Labute approximate surface area is 138 Å². The summed E-state index contributed by atoms with van der Waals surface area (Å²) in [5, 5.41) is 8.73. The number of amides is 1. The Morgan fingerprint density at radius 3 is 2.87 bits per heavy atom. The third-order valence-electron chi connectivity index (χ3n) is 5.59. The first kappa shape index (κ1) is 16.4. The molecule has 0 aliphatic carbocycles. The highest BCUT2D eigenvalue weighted by molar-refractivity contribution is 5.79. The van der Waals surface area contributed by atoms with E-state index in [2.05, 4.69) is 44.2 Å². The maximum atomic E-state index is 12.6. The van der Waals surface area contributed by atoms with Gasteiger partial charge in [-0.25, -0.2) is 4.68 Å². The van der Waals surface area contributed by atoms with E-state index < -0.39 is 0 Å². The zero-order valence-corrected chi connectivity index (χ0v) is 14.7. The number of rotatable bonds is 4. The van der Waals surface area contributed by atoms with Crippen LogP contribution in [-0.4, -0.2) is 52.1 Å². The second-order valence-electron chi connectivity index (χ2n) is 7.67. The molecule has 2 saturated heterocycles. The van der Waals surface area contributed by atoms with Crippen molar-refractivity contribution < 1.29 is 9.53 Å². The van der Waals surface area contributed by atoms with E-state index >= 15 is 0 Å². The molecule has 2 aliphatic heterocycles. The van der Waals surface area contributed by atoms with E-state index in [-0.39, 0.29) is 23.3 Å². The number of nitrogens with zero attached hydrogens (tertiary/aromatic N) is 4.